The highest BCUT2D eigenvalue weighted by Gasteiger charge is 2.16. The number of aryl methyl sites for hydroxylation is 2. The van der Waals surface area contributed by atoms with Crippen LogP contribution in [0, 0.1) is 6.92 Å². The van der Waals surface area contributed by atoms with E-state index in [9.17, 15) is 0 Å². The zero-order valence-corrected chi connectivity index (χ0v) is 14.1. The molecule has 0 radical (unpaired) electrons. The van der Waals surface area contributed by atoms with E-state index in [0.29, 0.717) is 6.04 Å². The fraction of sp³-hybridized carbons (Fsp3) is 0.438. The van der Waals surface area contributed by atoms with E-state index in [-0.39, 0.29) is 0 Å². The second-order valence-electron chi connectivity index (χ2n) is 5.28. The molecule has 4 nitrogen and oxygen atoms in total. The van der Waals surface area contributed by atoms with E-state index < -0.39 is 0 Å². The van der Waals surface area contributed by atoms with Crippen LogP contribution in [-0.4, -0.2) is 22.1 Å². The molecule has 21 heavy (non-hydrogen) atoms. The molecule has 1 N–H and O–H groups in total. The summed E-state index contributed by atoms with van der Waals surface area (Å²) in [4.78, 5) is 1.12. The standard InChI is InChI=1S/C16H23N3OS/c1-11(2)17-10-13-12(3)18-19(4)16(13)20-14-8-6-7-9-15(14)21-5/h6-9,11,17H,10H2,1-5H3. The van der Waals surface area contributed by atoms with Crippen molar-refractivity contribution < 1.29 is 4.74 Å². The Labute approximate surface area is 130 Å². The van der Waals surface area contributed by atoms with Crippen molar-refractivity contribution in [1.82, 2.24) is 15.1 Å². The first-order valence-electron chi connectivity index (χ1n) is 7.09. The first-order chi connectivity index (χ1) is 10.0. The second-order valence-corrected chi connectivity index (χ2v) is 6.13. The summed E-state index contributed by atoms with van der Waals surface area (Å²) in [6, 6.07) is 8.50. The first kappa shape index (κ1) is 15.9. The lowest BCUT2D eigenvalue weighted by atomic mass is 10.2. The van der Waals surface area contributed by atoms with Gasteiger partial charge < -0.3 is 10.1 Å². The molecule has 0 aliphatic heterocycles. The topological polar surface area (TPSA) is 39.1 Å². The zero-order chi connectivity index (χ0) is 15.4. The number of ether oxygens (including phenoxy) is 1. The van der Waals surface area contributed by atoms with Crippen molar-refractivity contribution in [3.8, 4) is 11.6 Å². The summed E-state index contributed by atoms with van der Waals surface area (Å²) in [6.07, 6.45) is 2.05. The number of nitrogens with one attached hydrogen (secondary N) is 1. The number of hydrogen-bond acceptors (Lipinski definition) is 4. The van der Waals surface area contributed by atoms with Gasteiger partial charge in [-0.15, -0.1) is 11.8 Å². The van der Waals surface area contributed by atoms with Crippen molar-refractivity contribution in [2.45, 2.75) is 38.3 Å². The molecule has 0 saturated heterocycles. The predicted octanol–water partition coefficient (Wildman–Crippen LogP) is 3.74. The van der Waals surface area contributed by atoms with Gasteiger partial charge in [-0.3, -0.25) is 0 Å². The third kappa shape index (κ3) is 3.80. The lowest BCUT2D eigenvalue weighted by Crippen LogP contribution is -2.22. The average molecular weight is 305 g/mol. The van der Waals surface area contributed by atoms with Gasteiger partial charge in [0, 0.05) is 24.5 Å². The Hall–Kier alpha value is -1.46. The van der Waals surface area contributed by atoms with Crippen LogP contribution in [0.25, 0.3) is 0 Å². The molecule has 0 atom stereocenters. The maximum Gasteiger partial charge on any atom is 0.222 e. The van der Waals surface area contributed by atoms with Crippen molar-refractivity contribution in [1.29, 1.82) is 0 Å². The maximum atomic E-state index is 6.16. The van der Waals surface area contributed by atoms with E-state index in [0.717, 1.165) is 34.3 Å². The normalized spacial score (nSPS) is 11.1. The SMILES string of the molecule is CSc1ccccc1Oc1c(CNC(C)C)c(C)nn1C. The Morgan fingerprint density at radius 2 is 2.05 bits per heavy atom. The van der Waals surface area contributed by atoms with Gasteiger partial charge in [0.05, 0.1) is 11.3 Å². The Kier molecular flexibility index (Phi) is 5.31. The van der Waals surface area contributed by atoms with Crippen LogP contribution in [0.1, 0.15) is 25.1 Å². The van der Waals surface area contributed by atoms with Gasteiger partial charge >= 0.3 is 0 Å². The summed E-state index contributed by atoms with van der Waals surface area (Å²) < 4.78 is 7.96. The fourth-order valence-corrected chi connectivity index (χ4v) is 2.65. The van der Waals surface area contributed by atoms with E-state index in [1.54, 1.807) is 11.8 Å². The van der Waals surface area contributed by atoms with E-state index >= 15 is 0 Å². The summed E-state index contributed by atoms with van der Waals surface area (Å²) >= 11 is 1.68. The molecule has 2 rings (SSSR count). The number of aromatic nitrogens is 2. The minimum atomic E-state index is 0.427. The van der Waals surface area contributed by atoms with Gasteiger partial charge in [-0.1, -0.05) is 26.0 Å². The Morgan fingerprint density at radius 3 is 2.71 bits per heavy atom. The summed E-state index contributed by atoms with van der Waals surface area (Å²) in [5.74, 6) is 1.68. The highest BCUT2D eigenvalue weighted by molar-refractivity contribution is 7.98. The summed E-state index contributed by atoms with van der Waals surface area (Å²) in [5.41, 5.74) is 2.12. The summed E-state index contributed by atoms with van der Waals surface area (Å²) in [6.45, 7) is 7.04. The molecule has 5 heteroatoms. The largest absolute Gasteiger partial charge is 0.438 e. The molecule has 1 aromatic carbocycles. The van der Waals surface area contributed by atoms with Crippen molar-refractivity contribution in [2.75, 3.05) is 6.26 Å². The molecule has 2 aromatic rings. The van der Waals surface area contributed by atoms with Crippen LogP contribution >= 0.6 is 11.8 Å². The van der Waals surface area contributed by atoms with Crippen molar-refractivity contribution >= 4 is 11.8 Å². The average Bonchev–Trinajstić information content (AvgIpc) is 2.71. The fourth-order valence-electron chi connectivity index (χ4n) is 2.13. The highest BCUT2D eigenvalue weighted by Crippen LogP contribution is 2.33. The summed E-state index contributed by atoms with van der Waals surface area (Å²) in [7, 11) is 1.92. The molecular formula is C16H23N3OS. The van der Waals surface area contributed by atoms with Gasteiger partial charge in [0.25, 0.3) is 0 Å². The monoisotopic (exact) mass is 305 g/mol. The zero-order valence-electron chi connectivity index (χ0n) is 13.3. The Bertz CT molecular complexity index is 608. The molecular weight excluding hydrogens is 282 g/mol. The van der Waals surface area contributed by atoms with Gasteiger partial charge in [-0.25, -0.2) is 4.68 Å². The van der Waals surface area contributed by atoms with Crippen LogP contribution in [0.2, 0.25) is 0 Å². The number of hydrogen-bond donors (Lipinski definition) is 1. The van der Waals surface area contributed by atoms with Gasteiger partial charge in [0.1, 0.15) is 5.75 Å². The summed E-state index contributed by atoms with van der Waals surface area (Å²) in [5, 5.41) is 7.92. The Balaban J connectivity index is 2.30. The molecule has 1 aromatic heterocycles. The molecule has 0 spiro atoms. The number of para-hydroxylation sites is 1. The van der Waals surface area contributed by atoms with Crippen molar-refractivity contribution in [3.63, 3.8) is 0 Å². The molecule has 0 saturated carbocycles. The van der Waals surface area contributed by atoms with Crippen molar-refractivity contribution in [2.24, 2.45) is 7.05 Å². The van der Waals surface area contributed by atoms with Gasteiger partial charge in [0.2, 0.25) is 5.88 Å². The number of nitrogens with zero attached hydrogens (tertiary/aromatic N) is 2. The number of thioether (sulfide) groups is 1. The molecule has 0 bridgehead atoms. The minimum absolute atomic E-state index is 0.427. The van der Waals surface area contributed by atoms with Crippen LogP contribution < -0.4 is 10.1 Å². The minimum Gasteiger partial charge on any atom is -0.438 e. The molecule has 0 aliphatic rings. The van der Waals surface area contributed by atoms with Gasteiger partial charge in [-0.05, 0) is 25.3 Å². The third-order valence-corrected chi connectivity index (χ3v) is 4.03. The van der Waals surface area contributed by atoms with Crippen LogP contribution in [-0.2, 0) is 13.6 Å². The number of benzene rings is 1. The van der Waals surface area contributed by atoms with E-state index in [2.05, 4.69) is 36.6 Å². The maximum absolute atomic E-state index is 6.16. The molecule has 1 heterocycles. The van der Waals surface area contributed by atoms with E-state index in [4.69, 9.17) is 4.74 Å². The molecule has 0 unspecified atom stereocenters. The third-order valence-electron chi connectivity index (χ3n) is 3.25. The lowest BCUT2D eigenvalue weighted by Gasteiger charge is -2.13. The smallest absolute Gasteiger partial charge is 0.222 e. The van der Waals surface area contributed by atoms with Gasteiger partial charge in [0.15, 0.2) is 0 Å². The first-order valence-corrected chi connectivity index (χ1v) is 8.32. The second kappa shape index (κ2) is 7.00. The molecule has 0 amide bonds. The highest BCUT2D eigenvalue weighted by atomic mass is 32.2. The Morgan fingerprint density at radius 1 is 1.33 bits per heavy atom. The molecule has 0 aliphatic carbocycles. The van der Waals surface area contributed by atoms with Crippen LogP contribution in [0.3, 0.4) is 0 Å². The number of rotatable bonds is 6. The lowest BCUT2D eigenvalue weighted by molar-refractivity contribution is 0.414. The molecule has 114 valence electrons. The van der Waals surface area contributed by atoms with E-state index in [1.165, 1.54) is 0 Å². The predicted molar refractivity (Wildman–Crippen MR) is 88.2 cm³/mol. The van der Waals surface area contributed by atoms with Crippen molar-refractivity contribution in [3.05, 3.63) is 35.5 Å². The molecule has 0 fully saturated rings. The van der Waals surface area contributed by atoms with Gasteiger partial charge in [-0.2, -0.15) is 5.10 Å². The van der Waals surface area contributed by atoms with Crippen LogP contribution in [0.5, 0.6) is 11.6 Å². The van der Waals surface area contributed by atoms with Crippen LogP contribution in [0.15, 0.2) is 29.2 Å². The quantitative estimate of drug-likeness (QED) is 0.825. The van der Waals surface area contributed by atoms with E-state index in [1.807, 2.05) is 36.9 Å². The van der Waals surface area contributed by atoms with Crippen LogP contribution in [0.4, 0.5) is 0 Å².